The maximum Gasteiger partial charge on any atom is 0.282 e. The average Bonchev–Trinajstić information content (AvgIpc) is 2.17. The summed E-state index contributed by atoms with van der Waals surface area (Å²) < 4.78 is 25.4. The molecule has 0 aromatic carbocycles. The third-order valence-electron chi connectivity index (χ3n) is 1.44. The molecule has 0 saturated carbocycles. The Balaban J connectivity index is 3.19. The Bertz CT molecular complexity index is 270. The first-order valence-corrected chi connectivity index (χ1v) is 3.39. The van der Waals surface area contributed by atoms with Crippen LogP contribution >= 0.6 is 11.6 Å². The Morgan fingerprint density at radius 1 is 1.55 bits per heavy atom. The van der Waals surface area contributed by atoms with Gasteiger partial charge in [0.15, 0.2) is 0 Å². The maximum absolute atomic E-state index is 12.1. The molecule has 0 atom stereocenters. The Kier molecular flexibility index (Phi) is 2.13. The minimum atomic E-state index is -2.55. The van der Waals surface area contributed by atoms with Gasteiger partial charge < -0.3 is 0 Å². The SMILES string of the molecule is Cc1c(C(F)F)nn(C)c1Cl. The molecule has 0 unspecified atom stereocenters. The topological polar surface area (TPSA) is 17.8 Å². The Labute approximate surface area is 67.8 Å². The van der Waals surface area contributed by atoms with E-state index in [-0.39, 0.29) is 10.8 Å². The van der Waals surface area contributed by atoms with Gasteiger partial charge in [0.25, 0.3) is 6.43 Å². The van der Waals surface area contributed by atoms with Crippen molar-refractivity contribution in [3.8, 4) is 0 Å². The highest BCUT2D eigenvalue weighted by Crippen LogP contribution is 2.25. The Morgan fingerprint density at radius 3 is 2.27 bits per heavy atom. The lowest BCUT2D eigenvalue weighted by molar-refractivity contribution is 0.144. The van der Waals surface area contributed by atoms with Crippen LogP contribution in [0.15, 0.2) is 0 Å². The summed E-state index contributed by atoms with van der Waals surface area (Å²) in [5, 5.41) is 3.81. The van der Waals surface area contributed by atoms with Crippen molar-refractivity contribution in [3.63, 3.8) is 0 Å². The molecule has 11 heavy (non-hydrogen) atoms. The molecule has 1 aromatic rings. The molecule has 1 rings (SSSR count). The summed E-state index contributed by atoms with van der Waals surface area (Å²) in [4.78, 5) is 0. The first kappa shape index (κ1) is 8.46. The standard InChI is InChI=1S/C6H7ClF2N2/c1-3-4(6(8)9)10-11(2)5(3)7/h6H,1-2H3. The molecule has 0 aliphatic heterocycles. The second-order valence-electron chi connectivity index (χ2n) is 2.23. The largest absolute Gasteiger partial charge is 0.282 e. The average molecular weight is 181 g/mol. The van der Waals surface area contributed by atoms with Crippen LogP contribution < -0.4 is 0 Å². The zero-order valence-corrected chi connectivity index (χ0v) is 6.86. The fourth-order valence-corrected chi connectivity index (χ4v) is 0.971. The molecule has 1 aromatic heterocycles. The van der Waals surface area contributed by atoms with Crippen LogP contribution in [0.25, 0.3) is 0 Å². The fraction of sp³-hybridized carbons (Fsp3) is 0.500. The number of halogens is 3. The van der Waals surface area contributed by atoms with Crippen LogP contribution in [0, 0.1) is 6.92 Å². The molecule has 0 fully saturated rings. The van der Waals surface area contributed by atoms with E-state index in [2.05, 4.69) is 5.10 Å². The third-order valence-corrected chi connectivity index (χ3v) is 1.97. The maximum atomic E-state index is 12.1. The van der Waals surface area contributed by atoms with Crippen molar-refractivity contribution >= 4 is 11.6 Å². The molecule has 0 N–H and O–H groups in total. The first-order valence-electron chi connectivity index (χ1n) is 3.01. The smallest absolute Gasteiger partial charge is 0.256 e. The molecular formula is C6H7ClF2N2. The van der Waals surface area contributed by atoms with Crippen LogP contribution in [0.5, 0.6) is 0 Å². The van der Waals surface area contributed by atoms with Crippen molar-refractivity contribution in [1.82, 2.24) is 9.78 Å². The summed E-state index contributed by atoms with van der Waals surface area (Å²) in [6.07, 6.45) is -2.55. The number of aromatic nitrogens is 2. The van der Waals surface area contributed by atoms with E-state index in [9.17, 15) is 8.78 Å². The van der Waals surface area contributed by atoms with E-state index in [1.807, 2.05) is 0 Å². The highest BCUT2D eigenvalue weighted by atomic mass is 35.5. The molecule has 0 spiro atoms. The monoisotopic (exact) mass is 180 g/mol. The van der Waals surface area contributed by atoms with Crippen LogP contribution in [0.2, 0.25) is 5.15 Å². The zero-order chi connectivity index (χ0) is 8.59. The predicted molar refractivity (Wildman–Crippen MR) is 37.9 cm³/mol. The summed E-state index contributed by atoms with van der Waals surface area (Å²) in [7, 11) is 1.53. The van der Waals surface area contributed by atoms with Crippen molar-refractivity contribution in [2.75, 3.05) is 0 Å². The number of aryl methyl sites for hydroxylation is 1. The lowest BCUT2D eigenvalue weighted by Gasteiger charge is -1.91. The molecule has 0 amide bonds. The predicted octanol–water partition coefficient (Wildman–Crippen LogP) is 2.32. The highest BCUT2D eigenvalue weighted by molar-refractivity contribution is 6.30. The van der Waals surface area contributed by atoms with Gasteiger partial charge in [-0.15, -0.1) is 0 Å². The van der Waals surface area contributed by atoms with E-state index >= 15 is 0 Å². The van der Waals surface area contributed by atoms with Gasteiger partial charge in [-0.25, -0.2) is 8.78 Å². The number of hydrogen-bond acceptors (Lipinski definition) is 1. The molecule has 0 aliphatic carbocycles. The van der Waals surface area contributed by atoms with Crippen LogP contribution in [0.4, 0.5) is 8.78 Å². The van der Waals surface area contributed by atoms with Crippen LogP contribution in [-0.2, 0) is 7.05 Å². The molecule has 0 bridgehead atoms. The number of nitrogens with zero attached hydrogens (tertiary/aromatic N) is 2. The molecule has 0 saturated heterocycles. The van der Waals surface area contributed by atoms with Crippen molar-refractivity contribution in [1.29, 1.82) is 0 Å². The van der Waals surface area contributed by atoms with Crippen molar-refractivity contribution in [3.05, 3.63) is 16.4 Å². The Morgan fingerprint density at radius 2 is 2.09 bits per heavy atom. The second kappa shape index (κ2) is 2.77. The lowest BCUT2D eigenvalue weighted by atomic mass is 10.3. The molecule has 0 radical (unpaired) electrons. The number of alkyl halides is 2. The van der Waals surface area contributed by atoms with Crippen LogP contribution in [0.3, 0.4) is 0 Å². The van der Waals surface area contributed by atoms with Gasteiger partial charge >= 0.3 is 0 Å². The molecule has 0 aliphatic rings. The summed E-state index contributed by atoms with van der Waals surface area (Å²) >= 11 is 5.61. The van der Waals surface area contributed by atoms with Crippen LogP contribution in [-0.4, -0.2) is 9.78 Å². The summed E-state index contributed by atoms with van der Waals surface area (Å²) in [6, 6.07) is 0. The van der Waals surface area contributed by atoms with Gasteiger partial charge in [0.05, 0.1) is 0 Å². The summed E-state index contributed by atoms with van der Waals surface area (Å²) in [5.41, 5.74) is 0.113. The normalized spacial score (nSPS) is 11.1. The van der Waals surface area contributed by atoms with E-state index in [1.165, 1.54) is 18.7 Å². The van der Waals surface area contributed by atoms with E-state index in [0.29, 0.717) is 5.56 Å². The summed E-state index contributed by atoms with van der Waals surface area (Å²) in [6.45, 7) is 1.52. The quantitative estimate of drug-likeness (QED) is 0.649. The number of rotatable bonds is 1. The second-order valence-corrected chi connectivity index (χ2v) is 2.58. The van der Waals surface area contributed by atoms with Crippen molar-refractivity contribution < 1.29 is 8.78 Å². The third kappa shape index (κ3) is 1.35. The van der Waals surface area contributed by atoms with E-state index in [4.69, 9.17) is 11.6 Å². The van der Waals surface area contributed by atoms with Crippen molar-refractivity contribution in [2.24, 2.45) is 7.05 Å². The fourth-order valence-electron chi connectivity index (χ4n) is 0.836. The zero-order valence-electron chi connectivity index (χ0n) is 6.11. The number of hydrogen-bond donors (Lipinski definition) is 0. The molecular weight excluding hydrogens is 174 g/mol. The Hall–Kier alpha value is -0.640. The van der Waals surface area contributed by atoms with Gasteiger partial charge in [-0.1, -0.05) is 11.6 Å². The lowest BCUT2D eigenvalue weighted by Crippen LogP contribution is -1.92. The minimum Gasteiger partial charge on any atom is -0.256 e. The first-order chi connectivity index (χ1) is 5.04. The van der Waals surface area contributed by atoms with Crippen LogP contribution in [0.1, 0.15) is 17.7 Å². The van der Waals surface area contributed by atoms with Crippen molar-refractivity contribution in [2.45, 2.75) is 13.3 Å². The molecule has 62 valence electrons. The van der Waals surface area contributed by atoms with Gasteiger partial charge in [0, 0.05) is 12.6 Å². The van der Waals surface area contributed by atoms with E-state index in [1.54, 1.807) is 0 Å². The minimum absolute atomic E-state index is 0.238. The molecule has 1 heterocycles. The van der Waals surface area contributed by atoms with Gasteiger partial charge in [-0.05, 0) is 6.92 Å². The highest BCUT2D eigenvalue weighted by Gasteiger charge is 2.17. The molecule has 2 nitrogen and oxygen atoms in total. The van der Waals surface area contributed by atoms with Gasteiger partial charge in [-0.3, -0.25) is 4.68 Å². The van der Waals surface area contributed by atoms with E-state index < -0.39 is 6.43 Å². The van der Waals surface area contributed by atoms with Gasteiger partial charge in [0.2, 0.25) is 0 Å². The van der Waals surface area contributed by atoms with Gasteiger partial charge in [0.1, 0.15) is 10.8 Å². The summed E-state index contributed by atoms with van der Waals surface area (Å²) in [5.74, 6) is 0. The molecule has 5 heteroatoms. The van der Waals surface area contributed by atoms with E-state index in [0.717, 1.165) is 0 Å². The van der Waals surface area contributed by atoms with Gasteiger partial charge in [-0.2, -0.15) is 5.10 Å².